The Morgan fingerprint density at radius 2 is 2.00 bits per heavy atom. The van der Waals surface area contributed by atoms with Gasteiger partial charge in [-0.1, -0.05) is 28.2 Å². The number of carbonyl (C=O) groups is 3. The van der Waals surface area contributed by atoms with Crippen LogP contribution in [0.25, 0.3) is 0 Å². The van der Waals surface area contributed by atoms with Gasteiger partial charge < -0.3 is 14.8 Å². The lowest BCUT2D eigenvalue weighted by Gasteiger charge is -2.06. The van der Waals surface area contributed by atoms with Crippen LogP contribution in [0.1, 0.15) is 19.8 Å². The van der Waals surface area contributed by atoms with Crippen LogP contribution in [-0.2, 0) is 19.1 Å². The van der Waals surface area contributed by atoms with Crippen molar-refractivity contribution >= 4 is 39.8 Å². The van der Waals surface area contributed by atoms with Crippen LogP contribution in [0.4, 0.5) is 0 Å². The average Bonchev–Trinajstić information content (AvgIpc) is 2.38. The quantitative estimate of drug-likeness (QED) is 0.205. The summed E-state index contributed by atoms with van der Waals surface area (Å²) in [4.78, 5) is 32.4. The van der Waals surface area contributed by atoms with E-state index in [0.717, 1.165) is 12.0 Å². The minimum atomic E-state index is -0.448. The van der Waals surface area contributed by atoms with Crippen molar-refractivity contribution < 1.29 is 19.1 Å². The van der Waals surface area contributed by atoms with Gasteiger partial charge in [0.1, 0.15) is 12.9 Å². The minimum Gasteiger partial charge on any atom is -0.460 e. The molecule has 0 spiro atoms. The van der Waals surface area contributed by atoms with Gasteiger partial charge in [-0.15, -0.1) is 0 Å². The van der Waals surface area contributed by atoms with E-state index < -0.39 is 5.97 Å². The standard InChI is InChI=1S/C12H19NO4S2/c1-10(2)12(16)17-7-5-13-11(15)4-9-19-18-8-3-6-14/h6H,1,3-5,7-9H2,2H3,(H,13,15). The normalized spacial score (nSPS) is 9.74. The summed E-state index contributed by atoms with van der Waals surface area (Å²) in [5.74, 6) is 0.944. The molecule has 0 aliphatic heterocycles. The summed E-state index contributed by atoms with van der Waals surface area (Å²) >= 11 is 0. The average molecular weight is 305 g/mol. The fraction of sp³-hybridized carbons (Fsp3) is 0.583. The molecule has 0 bridgehead atoms. The van der Waals surface area contributed by atoms with Gasteiger partial charge in [0.2, 0.25) is 5.91 Å². The summed E-state index contributed by atoms with van der Waals surface area (Å²) in [6, 6.07) is 0. The van der Waals surface area contributed by atoms with Gasteiger partial charge in [-0.2, -0.15) is 0 Å². The highest BCUT2D eigenvalue weighted by molar-refractivity contribution is 8.76. The molecule has 0 saturated carbocycles. The summed E-state index contributed by atoms with van der Waals surface area (Å²) < 4.78 is 4.83. The third-order valence-electron chi connectivity index (χ3n) is 1.82. The first-order chi connectivity index (χ1) is 9.07. The van der Waals surface area contributed by atoms with Crippen LogP contribution in [0, 0.1) is 0 Å². The molecule has 108 valence electrons. The van der Waals surface area contributed by atoms with Crippen molar-refractivity contribution in [3.63, 3.8) is 0 Å². The molecular formula is C12H19NO4S2. The number of amides is 1. The van der Waals surface area contributed by atoms with Crippen LogP contribution in [0.2, 0.25) is 0 Å². The number of hydrogen-bond acceptors (Lipinski definition) is 6. The lowest BCUT2D eigenvalue weighted by molar-refractivity contribution is -0.139. The SMILES string of the molecule is C=C(C)C(=O)OCCNC(=O)CCSSCCC=O. The Hall–Kier alpha value is -0.950. The molecule has 0 aromatic heterocycles. The van der Waals surface area contributed by atoms with Gasteiger partial charge in [0.05, 0.1) is 6.54 Å². The fourth-order valence-electron chi connectivity index (χ4n) is 0.894. The molecule has 5 nitrogen and oxygen atoms in total. The number of esters is 1. The highest BCUT2D eigenvalue weighted by Gasteiger charge is 2.04. The summed E-state index contributed by atoms with van der Waals surface area (Å²) in [5, 5.41) is 2.65. The zero-order valence-corrected chi connectivity index (χ0v) is 12.6. The monoisotopic (exact) mass is 305 g/mol. The van der Waals surface area contributed by atoms with E-state index in [2.05, 4.69) is 11.9 Å². The number of aldehydes is 1. The molecule has 0 aromatic carbocycles. The first-order valence-corrected chi connectivity index (χ1v) is 8.34. The molecule has 0 radical (unpaired) electrons. The van der Waals surface area contributed by atoms with E-state index in [1.807, 2.05) is 0 Å². The van der Waals surface area contributed by atoms with Crippen molar-refractivity contribution in [2.24, 2.45) is 0 Å². The van der Waals surface area contributed by atoms with Crippen molar-refractivity contribution in [1.82, 2.24) is 5.32 Å². The van der Waals surface area contributed by atoms with Crippen molar-refractivity contribution in [2.75, 3.05) is 24.7 Å². The number of carbonyl (C=O) groups excluding carboxylic acids is 3. The predicted molar refractivity (Wildman–Crippen MR) is 79.0 cm³/mol. The van der Waals surface area contributed by atoms with Gasteiger partial charge in [-0.3, -0.25) is 4.79 Å². The maximum Gasteiger partial charge on any atom is 0.333 e. The number of rotatable bonds is 11. The highest BCUT2D eigenvalue weighted by atomic mass is 33.1. The van der Waals surface area contributed by atoms with Gasteiger partial charge in [-0.25, -0.2) is 4.79 Å². The Morgan fingerprint density at radius 1 is 1.32 bits per heavy atom. The number of nitrogens with one attached hydrogen (secondary N) is 1. The molecule has 1 N–H and O–H groups in total. The van der Waals surface area contributed by atoms with Crippen LogP contribution in [-0.4, -0.2) is 42.8 Å². The Kier molecular flexibility index (Phi) is 11.5. The van der Waals surface area contributed by atoms with Crippen LogP contribution in [0.5, 0.6) is 0 Å². The van der Waals surface area contributed by atoms with Gasteiger partial charge >= 0.3 is 5.97 Å². The second-order valence-electron chi connectivity index (χ2n) is 3.62. The third kappa shape index (κ3) is 11.9. The molecule has 1 amide bonds. The van der Waals surface area contributed by atoms with E-state index in [9.17, 15) is 14.4 Å². The summed E-state index contributed by atoms with van der Waals surface area (Å²) in [6.45, 7) is 5.48. The molecule has 0 heterocycles. The number of ether oxygens (including phenoxy) is 1. The zero-order chi connectivity index (χ0) is 14.5. The second-order valence-corrected chi connectivity index (χ2v) is 6.32. The number of hydrogen-bond donors (Lipinski definition) is 1. The van der Waals surface area contributed by atoms with Gasteiger partial charge in [0.15, 0.2) is 0 Å². The van der Waals surface area contributed by atoms with Crippen LogP contribution in [0.3, 0.4) is 0 Å². The summed E-state index contributed by atoms with van der Waals surface area (Å²) in [7, 11) is 3.15. The molecule has 0 rings (SSSR count). The van der Waals surface area contributed by atoms with E-state index >= 15 is 0 Å². The Labute approximate surface area is 121 Å². The van der Waals surface area contributed by atoms with Crippen molar-refractivity contribution in [2.45, 2.75) is 19.8 Å². The lowest BCUT2D eigenvalue weighted by Crippen LogP contribution is -2.28. The Bertz CT molecular complexity index is 321. The van der Waals surface area contributed by atoms with E-state index in [1.54, 1.807) is 28.5 Å². The highest BCUT2D eigenvalue weighted by Crippen LogP contribution is 2.21. The summed E-state index contributed by atoms with van der Waals surface area (Å²) in [5.41, 5.74) is 0.343. The molecule has 0 aliphatic rings. The first kappa shape index (κ1) is 18.0. The zero-order valence-electron chi connectivity index (χ0n) is 11.0. The molecule has 0 atom stereocenters. The minimum absolute atomic E-state index is 0.0742. The van der Waals surface area contributed by atoms with Gasteiger partial charge in [0.25, 0.3) is 0 Å². The fourth-order valence-corrected chi connectivity index (χ4v) is 2.84. The van der Waals surface area contributed by atoms with Crippen LogP contribution < -0.4 is 5.32 Å². The van der Waals surface area contributed by atoms with Crippen molar-refractivity contribution in [3.8, 4) is 0 Å². The van der Waals surface area contributed by atoms with Crippen molar-refractivity contribution in [3.05, 3.63) is 12.2 Å². The molecule has 0 unspecified atom stereocenters. The molecule has 19 heavy (non-hydrogen) atoms. The smallest absolute Gasteiger partial charge is 0.333 e. The van der Waals surface area contributed by atoms with E-state index in [4.69, 9.17) is 4.74 Å². The molecule has 0 aromatic rings. The largest absolute Gasteiger partial charge is 0.460 e. The lowest BCUT2D eigenvalue weighted by atomic mass is 10.4. The predicted octanol–water partition coefficient (Wildman–Crippen LogP) is 1.58. The summed E-state index contributed by atoms with van der Waals surface area (Å²) in [6.07, 6.45) is 1.83. The third-order valence-corrected chi connectivity index (χ3v) is 4.26. The topological polar surface area (TPSA) is 72.5 Å². The first-order valence-electron chi connectivity index (χ1n) is 5.85. The molecular weight excluding hydrogens is 286 g/mol. The molecule has 0 aliphatic carbocycles. The van der Waals surface area contributed by atoms with Crippen molar-refractivity contribution in [1.29, 1.82) is 0 Å². The van der Waals surface area contributed by atoms with Gasteiger partial charge in [0, 0.05) is 29.9 Å². The molecule has 0 saturated heterocycles. The Morgan fingerprint density at radius 3 is 2.63 bits per heavy atom. The molecule has 0 fully saturated rings. The second kappa shape index (κ2) is 12.1. The van der Waals surface area contributed by atoms with E-state index in [1.165, 1.54) is 0 Å². The Balaban J connectivity index is 3.37. The molecule has 7 heteroatoms. The van der Waals surface area contributed by atoms with Crippen LogP contribution in [0.15, 0.2) is 12.2 Å². The maximum atomic E-state index is 11.4. The van der Waals surface area contributed by atoms with E-state index in [0.29, 0.717) is 30.7 Å². The van der Waals surface area contributed by atoms with Crippen LogP contribution >= 0.6 is 21.6 Å². The maximum absolute atomic E-state index is 11.4. The van der Waals surface area contributed by atoms with E-state index in [-0.39, 0.29) is 12.5 Å². The van der Waals surface area contributed by atoms with Gasteiger partial charge in [-0.05, 0) is 6.92 Å².